The SMILES string of the molecule is CSCCCNC(=O)Nc1cccc(C)c1C(=O)O. The number of anilines is 1. The van der Waals surface area contributed by atoms with E-state index in [0.29, 0.717) is 17.8 Å². The van der Waals surface area contributed by atoms with Gasteiger partial charge in [-0.15, -0.1) is 0 Å². The maximum Gasteiger partial charge on any atom is 0.338 e. The summed E-state index contributed by atoms with van der Waals surface area (Å²) in [6, 6.07) is 4.61. The first-order chi connectivity index (χ1) is 9.06. The molecular weight excluding hydrogens is 264 g/mol. The van der Waals surface area contributed by atoms with E-state index in [1.54, 1.807) is 36.9 Å². The number of carboxylic acid groups (broad SMARTS) is 1. The van der Waals surface area contributed by atoms with Gasteiger partial charge >= 0.3 is 12.0 Å². The van der Waals surface area contributed by atoms with E-state index in [1.807, 2.05) is 6.26 Å². The molecule has 1 aromatic carbocycles. The number of hydrogen-bond acceptors (Lipinski definition) is 3. The molecule has 0 unspecified atom stereocenters. The number of hydrogen-bond donors (Lipinski definition) is 3. The number of carbonyl (C=O) groups excluding carboxylic acids is 1. The molecule has 0 heterocycles. The summed E-state index contributed by atoms with van der Waals surface area (Å²) in [6.07, 6.45) is 2.89. The van der Waals surface area contributed by atoms with Crippen molar-refractivity contribution in [3.05, 3.63) is 29.3 Å². The molecule has 0 spiro atoms. The zero-order valence-electron chi connectivity index (χ0n) is 11.0. The summed E-state index contributed by atoms with van der Waals surface area (Å²) in [5.41, 5.74) is 1.06. The fourth-order valence-electron chi connectivity index (χ4n) is 1.64. The van der Waals surface area contributed by atoms with Gasteiger partial charge in [-0.25, -0.2) is 9.59 Å². The Morgan fingerprint density at radius 1 is 1.37 bits per heavy atom. The predicted molar refractivity (Wildman–Crippen MR) is 78.2 cm³/mol. The molecule has 2 amide bonds. The van der Waals surface area contributed by atoms with Crippen LogP contribution in [0.15, 0.2) is 18.2 Å². The second kappa shape index (κ2) is 7.68. The molecule has 0 aromatic heterocycles. The summed E-state index contributed by atoms with van der Waals surface area (Å²) in [5, 5.41) is 14.4. The Balaban J connectivity index is 2.64. The third-order valence-corrected chi connectivity index (χ3v) is 3.24. The number of carbonyl (C=O) groups is 2. The molecule has 1 aromatic rings. The lowest BCUT2D eigenvalue weighted by Gasteiger charge is -2.11. The van der Waals surface area contributed by atoms with Crippen molar-refractivity contribution in [3.8, 4) is 0 Å². The highest BCUT2D eigenvalue weighted by Gasteiger charge is 2.14. The molecule has 6 heteroatoms. The van der Waals surface area contributed by atoms with Gasteiger partial charge in [0.05, 0.1) is 11.3 Å². The van der Waals surface area contributed by atoms with Gasteiger partial charge in [-0.05, 0) is 37.0 Å². The molecule has 0 radical (unpaired) electrons. The average molecular weight is 282 g/mol. The lowest BCUT2D eigenvalue weighted by atomic mass is 10.1. The van der Waals surface area contributed by atoms with E-state index >= 15 is 0 Å². The second-order valence-electron chi connectivity index (χ2n) is 4.03. The molecule has 104 valence electrons. The number of amides is 2. The van der Waals surface area contributed by atoms with E-state index in [0.717, 1.165) is 12.2 Å². The molecule has 19 heavy (non-hydrogen) atoms. The third-order valence-electron chi connectivity index (χ3n) is 2.55. The van der Waals surface area contributed by atoms with E-state index in [2.05, 4.69) is 10.6 Å². The van der Waals surface area contributed by atoms with Crippen LogP contribution in [0.5, 0.6) is 0 Å². The smallest absolute Gasteiger partial charge is 0.338 e. The molecule has 0 saturated carbocycles. The first-order valence-electron chi connectivity index (χ1n) is 5.93. The van der Waals surface area contributed by atoms with Crippen LogP contribution in [0.1, 0.15) is 22.3 Å². The predicted octanol–water partition coefficient (Wildman–Crippen LogP) is 2.57. The fourth-order valence-corrected chi connectivity index (χ4v) is 2.07. The van der Waals surface area contributed by atoms with Crippen LogP contribution in [-0.4, -0.2) is 35.7 Å². The minimum Gasteiger partial charge on any atom is -0.478 e. The summed E-state index contributed by atoms with van der Waals surface area (Å²) >= 11 is 1.72. The van der Waals surface area contributed by atoms with E-state index in [1.165, 1.54) is 0 Å². The van der Waals surface area contributed by atoms with Crippen molar-refractivity contribution in [1.82, 2.24) is 5.32 Å². The normalized spacial score (nSPS) is 10.0. The van der Waals surface area contributed by atoms with Gasteiger partial charge in [0, 0.05) is 6.54 Å². The van der Waals surface area contributed by atoms with Crippen molar-refractivity contribution in [1.29, 1.82) is 0 Å². The highest BCUT2D eigenvalue weighted by molar-refractivity contribution is 7.98. The Morgan fingerprint density at radius 2 is 2.11 bits per heavy atom. The lowest BCUT2D eigenvalue weighted by Crippen LogP contribution is -2.30. The molecular formula is C13H18N2O3S. The van der Waals surface area contributed by atoms with Gasteiger partial charge in [-0.2, -0.15) is 11.8 Å². The van der Waals surface area contributed by atoms with Crippen LogP contribution in [0.25, 0.3) is 0 Å². The van der Waals surface area contributed by atoms with Gasteiger partial charge in [-0.1, -0.05) is 12.1 Å². The molecule has 0 aliphatic carbocycles. The standard InChI is InChI=1S/C13H18N2O3S/c1-9-5-3-6-10(11(9)12(16)17)15-13(18)14-7-4-8-19-2/h3,5-6H,4,7-8H2,1-2H3,(H,16,17)(H2,14,15,18). The van der Waals surface area contributed by atoms with Crippen molar-refractivity contribution < 1.29 is 14.7 Å². The van der Waals surface area contributed by atoms with Crippen molar-refractivity contribution in [2.75, 3.05) is 23.9 Å². The fraction of sp³-hybridized carbons (Fsp3) is 0.385. The molecule has 0 saturated heterocycles. The molecule has 0 bridgehead atoms. The summed E-state index contributed by atoms with van der Waals surface area (Å²) in [4.78, 5) is 22.8. The van der Waals surface area contributed by atoms with Crippen LogP contribution in [-0.2, 0) is 0 Å². The summed E-state index contributed by atoms with van der Waals surface area (Å²) in [7, 11) is 0. The minimum absolute atomic E-state index is 0.127. The largest absolute Gasteiger partial charge is 0.478 e. The minimum atomic E-state index is -1.05. The van der Waals surface area contributed by atoms with Crippen LogP contribution in [0.2, 0.25) is 0 Å². The monoisotopic (exact) mass is 282 g/mol. The number of urea groups is 1. The van der Waals surface area contributed by atoms with Gasteiger partial charge in [0.15, 0.2) is 0 Å². The number of nitrogens with one attached hydrogen (secondary N) is 2. The van der Waals surface area contributed by atoms with Crippen LogP contribution in [0.3, 0.4) is 0 Å². The van der Waals surface area contributed by atoms with Crippen LogP contribution in [0.4, 0.5) is 10.5 Å². The van der Waals surface area contributed by atoms with Gasteiger partial charge in [-0.3, -0.25) is 0 Å². The zero-order chi connectivity index (χ0) is 14.3. The summed E-state index contributed by atoms with van der Waals surface area (Å²) < 4.78 is 0. The van der Waals surface area contributed by atoms with Crippen molar-refractivity contribution in [2.45, 2.75) is 13.3 Å². The Labute approximate surface area is 116 Å². The van der Waals surface area contributed by atoms with E-state index in [-0.39, 0.29) is 11.6 Å². The molecule has 0 fully saturated rings. The maximum atomic E-state index is 11.6. The van der Waals surface area contributed by atoms with E-state index < -0.39 is 5.97 Å². The van der Waals surface area contributed by atoms with Crippen molar-refractivity contribution in [2.24, 2.45) is 0 Å². The Kier molecular flexibility index (Phi) is 6.21. The maximum absolute atomic E-state index is 11.6. The first kappa shape index (κ1) is 15.4. The number of rotatable bonds is 6. The van der Waals surface area contributed by atoms with Gasteiger partial charge in [0.1, 0.15) is 0 Å². The van der Waals surface area contributed by atoms with E-state index in [4.69, 9.17) is 5.11 Å². The lowest BCUT2D eigenvalue weighted by molar-refractivity contribution is 0.0697. The first-order valence-corrected chi connectivity index (χ1v) is 7.32. The number of thioether (sulfide) groups is 1. The Bertz CT molecular complexity index is 463. The van der Waals surface area contributed by atoms with Crippen molar-refractivity contribution >= 4 is 29.4 Å². The topological polar surface area (TPSA) is 78.4 Å². The highest BCUT2D eigenvalue weighted by atomic mass is 32.2. The highest BCUT2D eigenvalue weighted by Crippen LogP contribution is 2.19. The molecule has 5 nitrogen and oxygen atoms in total. The second-order valence-corrected chi connectivity index (χ2v) is 5.02. The van der Waals surface area contributed by atoms with Crippen LogP contribution >= 0.6 is 11.8 Å². The van der Waals surface area contributed by atoms with Crippen LogP contribution < -0.4 is 10.6 Å². The van der Waals surface area contributed by atoms with E-state index in [9.17, 15) is 9.59 Å². The Hall–Kier alpha value is -1.69. The van der Waals surface area contributed by atoms with Crippen molar-refractivity contribution in [3.63, 3.8) is 0 Å². The molecule has 1 rings (SSSR count). The Morgan fingerprint density at radius 3 is 2.74 bits per heavy atom. The average Bonchev–Trinajstić information content (AvgIpc) is 2.34. The number of carboxylic acids is 1. The number of aryl methyl sites for hydroxylation is 1. The molecule has 3 N–H and O–H groups in total. The van der Waals surface area contributed by atoms with Gasteiger partial charge < -0.3 is 15.7 Å². The summed E-state index contributed by atoms with van der Waals surface area (Å²) in [5.74, 6) is -0.0683. The van der Waals surface area contributed by atoms with Gasteiger partial charge in [0.2, 0.25) is 0 Å². The molecule has 0 aliphatic rings. The quantitative estimate of drug-likeness (QED) is 0.701. The zero-order valence-corrected chi connectivity index (χ0v) is 11.8. The van der Waals surface area contributed by atoms with Crippen LogP contribution in [0, 0.1) is 6.92 Å². The summed E-state index contributed by atoms with van der Waals surface area (Å²) in [6.45, 7) is 2.27. The molecule has 0 atom stereocenters. The molecule has 0 aliphatic heterocycles. The third kappa shape index (κ3) is 4.82. The number of aromatic carboxylic acids is 1. The van der Waals surface area contributed by atoms with Gasteiger partial charge in [0.25, 0.3) is 0 Å². The number of benzene rings is 1.